The highest BCUT2D eigenvalue weighted by molar-refractivity contribution is 5.71. The van der Waals surface area contributed by atoms with Crippen LogP contribution in [0.5, 0.6) is 0 Å². The first kappa shape index (κ1) is 12.1. The molecule has 1 heterocycles. The summed E-state index contributed by atoms with van der Waals surface area (Å²) in [4.78, 5) is 11.3. The average Bonchev–Trinajstić information content (AvgIpc) is 2.65. The third-order valence-electron chi connectivity index (χ3n) is 3.74. The van der Waals surface area contributed by atoms with Crippen molar-refractivity contribution in [2.75, 3.05) is 0 Å². The summed E-state index contributed by atoms with van der Waals surface area (Å²) in [6, 6.07) is 0. The number of aryl methyl sites for hydroxylation is 1. The number of hydrogen-bond donors (Lipinski definition) is 1. The summed E-state index contributed by atoms with van der Waals surface area (Å²) in [6.45, 7) is 2.88. The van der Waals surface area contributed by atoms with Crippen molar-refractivity contribution in [2.24, 2.45) is 5.92 Å². The molecule has 2 rings (SSSR count). The second-order valence-electron chi connectivity index (χ2n) is 4.82. The van der Waals surface area contributed by atoms with Gasteiger partial charge < -0.3 is 5.11 Å². The molecular weight excluding hydrogens is 216 g/mol. The first-order valence-corrected chi connectivity index (χ1v) is 6.47. The van der Waals surface area contributed by atoms with Crippen molar-refractivity contribution in [1.29, 1.82) is 0 Å². The SMILES string of the molecule is CCn1cc(C2CCCCCC2C(=O)O)cn1. The number of aliphatic carboxylic acids is 1. The highest BCUT2D eigenvalue weighted by atomic mass is 16.4. The molecule has 2 atom stereocenters. The Bertz CT molecular complexity index is 387. The normalized spacial score (nSPS) is 25.5. The summed E-state index contributed by atoms with van der Waals surface area (Å²) in [5.41, 5.74) is 1.10. The average molecular weight is 236 g/mol. The predicted octanol–water partition coefficient (Wildman–Crippen LogP) is 2.65. The van der Waals surface area contributed by atoms with Crippen molar-refractivity contribution in [2.45, 2.75) is 51.5 Å². The lowest BCUT2D eigenvalue weighted by molar-refractivity contribution is -0.142. The van der Waals surface area contributed by atoms with Crippen LogP contribution in [0.1, 0.15) is 50.5 Å². The lowest BCUT2D eigenvalue weighted by Gasteiger charge is -2.19. The van der Waals surface area contributed by atoms with Gasteiger partial charge in [0.05, 0.1) is 12.1 Å². The van der Waals surface area contributed by atoms with Gasteiger partial charge in [0.15, 0.2) is 0 Å². The van der Waals surface area contributed by atoms with Crippen LogP contribution in [0.15, 0.2) is 12.4 Å². The minimum Gasteiger partial charge on any atom is -0.481 e. The number of nitrogens with zero attached hydrogens (tertiary/aromatic N) is 2. The van der Waals surface area contributed by atoms with E-state index in [0.717, 1.165) is 44.2 Å². The van der Waals surface area contributed by atoms with Gasteiger partial charge in [0, 0.05) is 18.7 Å². The minimum atomic E-state index is -0.652. The lowest BCUT2D eigenvalue weighted by atomic mass is 9.84. The first-order valence-electron chi connectivity index (χ1n) is 6.47. The van der Waals surface area contributed by atoms with Crippen molar-refractivity contribution in [3.05, 3.63) is 18.0 Å². The van der Waals surface area contributed by atoms with Gasteiger partial charge in [0.2, 0.25) is 0 Å². The second kappa shape index (κ2) is 5.34. The van der Waals surface area contributed by atoms with E-state index in [4.69, 9.17) is 0 Å². The highest BCUT2D eigenvalue weighted by Gasteiger charge is 2.31. The smallest absolute Gasteiger partial charge is 0.307 e. The van der Waals surface area contributed by atoms with Gasteiger partial charge in [0.25, 0.3) is 0 Å². The van der Waals surface area contributed by atoms with Crippen LogP contribution >= 0.6 is 0 Å². The molecule has 0 amide bonds. The fraction of sp³-hybridized carbons (Fsp3) is 0.692. The molecule has 1 aliphatic rings. The Hall–Kier alpha value is -1.32. The van der Waals surface area contributed by atoms with Gasteiger partial charge in [-0.05, 0) is 25.3 Å². The molecule has 1 aromatic rings. The van der Waals surface area contributed by atoms with Crippen molar-refractivity contribution < 1.29 is 9.90 Å². The molecule has 0 spiro atoms. The molecule has 0 aromatic carbocycles. The standard InChI is InChI=1S/C13H20N2O2/c1-2-15-9-10(8-14-15)11-6-4-3-5-7-12(11)13(16)17/h8-9,11-12H,2-7H2,1H3,(H,16,17). The van der Waals surface area contributed by atoms with E-state index in [0.29, 0.717) is 0 Å². The summed E-state index contributed by atoms with van der Waals surface area (Å²) in [6.07, 6.45) is 8.95. The number of carboxylic acid groups (broad SMARTS) is 1. The zero-order valence-electron chi connectivity index (χ0n) is 10.3. The summed E-state index contributed by atoms with van der Waals surface area (Å²) in [5.74, 6) is -0.733. The van der Waals surface area contributed by atoms with Gasteiger partial charge in [-0.25, -0.2) is 0 Å². The van der Waals surface area contributed by atoms with Crippen LogP contribution in [0, 0.1) is 5.92 Å². The molecule has 1 saturated carbocycles. The Labute approximate surface area is 102 Å². The maximum absolute atomic E-state index is 11.3. The molecule has 0 radical (unpaired) electrons. The molecule has 1 aliphatic carbocycles. The zero-order chi connectivity index (χ0) is 12.3. The second-order valence-corrected chi connectivity index (χ2v) is 4.82. The fourth-order valence-corrected chi connectivity index (χ4v) is 2.75. The molecular formula is C13H20N2O2. The predicted molar refractivity (Wildman–Crippen MR) is 64.9 cm³/mol. The molecule has 1 fully saturated rings. The number of aromatic nitrogens is 2. The van der Waals surface area contributed by atoms with E-state index in [-0.39, 0.29) is 11.8 Å². The molecule has 4 nitrogen and oxygen atoms in total. The largest absolute Gasteiger partial charge is 0.481 e. The van der Waals surface area contributed by atoms with E-state index in [2.05, 4.69) is 5.10 Å². The van der Waals surface area contributed by atoms with E-state index in [1.165, 1.54) is 0 Å². The Balaban J connectivity index is 2.22. The zero-order valence-corrected chi connectivity index (χ0v) is 10.3. The maximum atomic E-state index is 11.3. The molecule has 0 bridgehead atoms. The van der Waals surface area contributed by atoms with Gasteiger partial charge in [-0.15, -0.1) is 0 Å². The van der Waals surface area contributed by atoms with Gasteiger partial charge in [-0.2, -0.15) is 5.10 Å². The maximum Gasteiger partial charge on any atom is 0.307 e. The van der Waals surface area contributed by atoms with E-state index < -0.39 is 5.97 Å². The van der Waals surface area contributed by atoms with Crippen molar-refractivity contribution in [3.63, 3.8) is 0 Å². The Morgan fingerprint density at radius 2 is 2.24 bits per heavy atom. The third kappa shape index (κ3) is 2.68. The molecule has 17 heavy (non-hydrogen) atoms. The third-order valence-corrected chi connectivity index (χ3v) is 3.74. The minimum absolute atomic E-state index is 0.148. The lowest BCUT2D eigenvalue weighted by Crippen LogP contribution is -2.20. The van der Waals surface area contributed by atoms with Gasteiger partial charge in [-0.1, -0.05) is 19.3 Å². The molecule has 2 unspecified atom stereocenters. The molecule has 94 valence electrons. The summed E-state index contributed by atoms with van der Waals surface area (Å²) in [7, 11) is 0. The van der Waals surface area contributed by atoms with Crippen molar-refractivity contribution in [1.82, 2.24) is 9.78 Å². The Kier molecular flexibility index (Phi) is 3.82. The van der Waals surface area contributed by atoms with E-state index in [1.54, 1.807) is 0 Å². The fourth-order valence-electron chi connectivity index (χ4n) is 2.75. The Morgan fingerprint density at radius 3 is 2.88 bits per heavy atom. The number of carbonyl (C=O) groups is 1. The number of hydrogen-bond acceptors (Lipinski definition) is 2. The first-order chi connectivity index (χ1) is 8.22. The van der Waals surface area contributed by atoms with E-state index in [9.17, 15) is 9.90 Å². The molecule has 4 heteroatoms. The highest BCUT2D eigenvalue weighted by Crippen LogP contribution is 2.36. The summed E-state index contributed by atoms with van der Waals surface area (Å²) < 4.78 is 1.87. The van der Waals surface area contributed by atoms with Crippen LogP contribution in [0.25, 0.3) is 0 Å². The Morgan fingerprint density at radius 1 is 1.47 bits per heavy atom. The molecule has 1 N–H and O–H groups in total. The van der Waals surface area contributed by atoms with Crippen LogP contribution in [-0.2, 0) is 11.3 Å². The summed E-state index contributed by atoms with van der Waals surface area (Å²) in [5, 5.41) is 13.6. The van der Waals surface area contributed by atoms with Crippen LogP contribution < -0.4 is 0 Å². The monoisotopic (exact) mass is 236 g/mol. The van der Waals surface area contributed by atoms with Crippen LogP contribution in [0.4, 0.5) is 0 Å². The molecule has 1 aromatic heterocycles. The summed E-state index contributed by atoms with van der Waals surface area (Å²) >= 11 is 0. The topological polar surface area (TPSA) is 55.1 Å². The van der Waals surface area contributed by atoms with Gasteiger partial charge in [0.1, 0.15) is 0 Å². The van der Waals surface area contributed by atoms with E-state index >= 15 is 0 Å². The van der Waals surface area contributed by atoms with Crippen molar-refractivity contribution in [3.8, 4) is 0 Å². The van der Waals surface area contributed by atoms with E-state index in [1.807, 2.05) is 24.0 Å². The quantitative estimate of drug-likeness (QED) is 0.821. The van der Waals surface area contributed by atoms with Gasteiger partial charge >= 0.3 is 5.97 Å². The van der Waals surface area contributed by atoms with Gasteiger partial charge in [-0.3, -0.25) is 9.48 Å². The molecule has 0 aliphatic heterocycles. The number of rotatable bonds is 3. The van der Waals surface area contributed by atoms with Crippen LogP contribution in [-0.4, -0.2) is 20.9 Å². The number of carboxylic acids is 1. The van der Waals surface area contributed by atoms with Crippen LogP contribution in [0.3, 0.4) is 0 Å². The van der Waals surface area contributed by atoms with Crippen molar-refractivity contribution >= 4 is 5.97 Å². The molecule has 0 saturated heterocycles. The van der Waals surface area contributed by atoms with Crippen LogP contribution in [0.2, 0.25) is 0 Å².